The second-order valence-corrected chi connectivity index (χ2v) is 6.95. The molecule has 0 bridgehead atoms. The van der Waals surface area contributed by atoms with Crippen molar-refractivity contribution in [2.24, 2.45) is 0 Å². The van der Waals surface area contributed by atoms with Gasteiger partial charge in [-0.15, -0.1) is 0 Å². The number of ether oxygens (including phenoxy) is 3. The fraction of sp³-hybridized carbons (Fsp3) is 0.167. The second kappa shape index (κ2) is 8.58. The summed E-state index contributed by atoms with van der Waals surface area (Å²) in [7, 11) is 0. The molecule has 30 heavy (non-hydrogen) atoms. The molecular formula is C24H20N2O4. The van der Waals surface area contributed by atoms with E-state index in [-0.39, 0.29) is 12.7 Å². The van der Waals surface area contributed by atoms with Crippen molar-refractivity contribution in [3.05, 3.63) is 77.4 Å². The van der Waals surface area contributed by atoms with E-state index in [1.165, 1.54) is 0 Å². The first-order valence-electron chi connectivity index (χ1n) is 9.58. The van der Waals surface area contributed by atoms with E-state index in [1.807, 2.05) is 37.3 Å². The average Bonchev–Trinajstić information content (AvgIpc) is 3.23. The van der Waals surface area contributed by atoms with Gasteiger partial charge < -0.3 is 19.5 Å². The summed E-state index contributed by atoms with van der Waals surface area (Å²) < 4.78 is 16.5. The normalized spacial score (nSPS) is 11.6. The summed E-state index contributed by atoms with van der Waals surface area (Å²) >= 11 is 0. The number of rotatable bonds is 6. The van der Waals surface area contributed by atoms with Crippen LogP contribution in [0.1, 0.15) is 23.1 Å². The highest BCUT2D eigenvalue weighted by Gasteiger charge is 2.14. The van der Waals surface area contributed by atoms with Crippen molar-refractivity contribution in [1.29, 1.82) is 5.26 Å². The number of hydrogen-bond acceptors (Lipinski definition) is 5. The number of amides is 1. The van der Waals surface area contributed by atoms with Crippen molar-refractivity contribution in [2.45, 2.75) is 19.8 Å². The molecule has 1 aliphatic heterocycles. The van der Waals surface area contributed by atoms with E-state index in [0.717, 1.165) is 28.3 Å². The lowest BCUT2D eigenvalue weighted by Crippen LogP contribution is -2.13. The first kappa shape index (κ1) is 19.3. The van der Waals surface area contributed by atoms with E-state index in [0.29, 0.717) is 29.9 Å². The Balaban J connectivity index is 1.33. The zero-order valence-electron chi connectivity index (χ0n) is 16.5. The molecule has 6 heteroatoms. The van der Waals surface area contributed by atoms with Gasteiger partial charge in [-0.25, -0.2) is 0 Å². The van der Waals surface area contributed by atoms with Crippen LogP contribution in [0.15, 0.2) is 60.7 Å². The van der Waals surface area contributed by atoms with E-state index in [4.69, 9.17) is 19.5 Å². The first-order valence-corrected chi connectivity index (χ1v) is 9.58. The molecule has 1 heterocycles. The third-order valence-electron chi connectivity index (χ3n) is 4.77. The molecule has 0 atom stereocenters. The smallest absolute Gasteiger partial charge is 0.231 e. The molecule has 0 unspecified atom stereocenters. The van der Waals surface area contributed by atoms with E-state index in [2.05, 4.69) is 11.4 Å². The van der Waals surface area contributed by atoms with E-state index in [9.17, 15) is 4.79 Å². The van der Waals surface area contributed by atoms with Gasteiger partial charge in [-0.05, 0) is 79.1 Å². The Morgan fingerprint density at radius 1 is 1.03 bits per heavy atom. The summed E-state index contributed by atoms with van der Waals surface area (Å²) in [4.78, 5) is 12.4. The summed E-state index contributed by atoms with van der Waals surface area (Å²) in [6.07, 6.45) is 0.976. The molecule has 3 aromatic rings. The minimum atomic E-state index is -0.0588. The van der Waals surface area contributed by atoms with Crippen LogP contribution in [0.25, 0.3) is 0 Å². The molecular weight excluding hydrogens is 380 g/mol. The van der Waals surface area contributed by atoms with E-state index in [1.54, 1.807) is 30.3 Å². The van der Waals surface area contributed by atoms with Crippen LogP contribution in [-0.2, 0) is 11.2 Å². The average molecular weight is 400 g/mol. The predicted molar refractivity (Wildman–Crippen MR) is 112 cm³/mol. The Hall–Kier alpha value is -3.98. The van der Waals surface area contributed by atoms with Gasteiger partial charge in [0.15, 0.2) is 11.5 Å². The molecule has 150 valence electrons. The van der Waals surface area contributed by atoms with Crippen LogP contribution in [0.5, 0.6) is 23.0 Å². The summed E-state index contributed by atoms with van der Waals surface area (Å²) in [6, 6.07) is 20.2. The van der Waals surface area contributed by atoms with Gasteiger partial charge in [-0.2, -0.15) is 5.26 Å². The molecule has 0 fully saturated rings. The van der Waals surface area contributed by atoms with Crippen LogP contribution in [0.3, 0.4) is 0 Å². The minimum absolute atomic E-state index is 0.0588. The largest absolute Gasteiger partial charge is 0.457 e. The Kier molecular flexibility index (Phi) is 5.53. The molecule has 0 saturated heterocycles. The number of carbonyl (C=O) groups excluding carboxylic acids is 1. The predicted octanol–water partition coefficient (Wildman–Crippen LogP) is 4.96. The molecule has 4 rings (SSSR count). The van der Waals surface area contributed by atoms with E-state index >= 15 is 0 Å². The fourth-order valence-corrected chi connectivity index (χ4v) is 3.14. The van der Waals surface area contributed by atoms with Gasteiger partial charge in [0.05, 0.1) is 11.6 Å². The SMILES string of the molecule is Cc1cc(Oc2ccc(C#N)cc2)ccc1NC(=O)CCc1ccc2c(c1)OCO2. The van der Waals surface area contributed by atoms with Gasteiger partial charge in [0.2, 0.25) is 12.7 Å². The van der Waals surface area contributed by atoms with Crippen LogP contribution in [0.4, 0.5) is 5.69 Å². The van der Waals surface area contributed by atoms with Crippen LogP contribution < -0.4 is 19.5 Å². The highest BCUT2D eigenvalue weighted by molar-refractivity contribution is 5.91. The zero-order chi connectivity index (χ0) is 20.9. The Labute approximate surface area is 174 Å². The summed E-state index contributed by atoms with van der Waals surface area (Å²) in [5.41, 5.74) is 3.25. The van der Waals surface area contributed by atoms with Crippen molar-refractivity contribution >= 4 is 11.6 Å². The minimum Gasteiger partial charge on any atom is -0.457 e. The maximum Gasteiger partial charge on any atom is 0.231 e. The number of aryl methyl sites for hydroxylation is 2. The Morgan fingerprint density at radius 2 is 1.80 bits per heavy atom. The molecule has 1 aliphatic rings. The third-order valence-corrected chi connectivity index (χ3v) is 4.77. The molecule has 0 aromatic heterocycles. The lowest BCUT2D eigenvalue weighted by Gasteiger charge is -2.11. The number of anilines is 1. The number of carbonyl (C=O) groups is 1. The first-order chi connectivity index (χ1) is 14.6. The fourth-order valence-electron chi connectivity index (χ4n) is 3.14. The summed E-state index contributed by atoms with van der Waals surface area (Å²) in [6.45, 7) is 2.16. The molecule has 0 saturated carbocycles. The second-order valence-electron chi connectivity index (χ2n) is 6.95. The van der Waals surface area contributed by atoms with Crippen molar-refractivity contribution < 1.29 is 19.0 Å². The molecule has 3 aromatic carbocycles. The van der Waals surface area contributed by atoms with Gasteiger partial charge in [0, 0.05) is 12.1 Å². The number of fused-ring (bicyclic) bond motifs is 1. The van der Waals surface area contributed by atoms with Crippen LogP contribution in [0.2, 0.25) is 0 Å². The Bertz CT molecular complexity index is 1120. The third kappa shape index (κ3) is 4.53. The summed E-state index contributed by atoms with van der Waals surface area (Å²) in [5.74, 6) is 2.71. The van der Waals surface area contributed by atoms with Crippen molar-refractivity contribution in [3.63, 3.8) is 0 Å². The Morgan fingerprint density at radius 3 is 2.57 bits per heavy atom. The topological polar surface area (TPSA) is 80.6 Å². The van der Waals surface area contributed by atoms with Gasteiger partial charge >= 0.3 is 0 Å². The number of benzene rings is 3. The van der Waals surface area contributed by atoms with Gasteiger partial charge in [-0.3, -0.25) is 4.79 Å². The van der Waals surface area contributed by atoms with Crippen molar-refractivity contribution in [1.82, 2.24) is 0 Å². The van der Waals surface area contributed by atoms with Crippen LogP contribution >= 0.6 is 0 Å². The maximum absolute atomic E-state index is 12.4. The number of nitrogens with zero attached hydrogens (tertiary/aromatic N) is 1. The standard InChI is InChI=1S/C24H20N2O4/c1-16-12-20(30-19-6-2-18(14-25)3-7-19)8-9-21(16)26-24(27)11-5-17-4-10-22-23(13-17)29-15-28-22/h2-4,6-10,12-13H,5,11,15H2,1H3,(H,26,27). The van der Waals surface area contributed by atoms with Crippen molar-refractivity contribution in [2.75, 3.05) is 12.1 Å². The number of nitrogens with one attached hydrogen (secondary N) is 1. The van der Waals surface area contributed by atoms with E-state index < -0.39 is 0 Å². The van der Waals surface area contributed by atoms with Gasteiger partial charge in [-0.1, -0.05) is 6.07 Å². The summed E-state index contributed by atoms with van der Waals surface area (Å²) in [5, 5.41) is 11.8. The van der Waals surface area contributed by atoms with Crippen molar-refractivity contribution in [3.8, 4) is 29.1 Å². The molecule has 0 spiro atoms. The number of nitriles is 1. The lowest BCUT2D eigenvalue weighted by molar-refractivity contribution is -0.116. The van der Waals surface area contributed by atoms with Gasteiger partial charge in [0.25, 0.3) is 0 Å². The highest BCUT2D eigenvalue weighted by atomic mass is 16.7. The van der Waals surface area contributed by atoms with Gasteiger partial charge in [0.1, 0.15) is 11.5 Å². The molecule has 0 aliphatic carbocycles. The number of hydrogen-bond donors (Lipinski definition) is 1. The van der Waals surface area contributed by atoms with Crippen LogP contribution in [-0.4, -0.2) is 12.7 Å². The maximum atomic E-state index is 12.4. The lowest BCUT2D eigenvalue weighted by atomic mass is 10.1. The molecule has 6 nitrogen and oxygen atoms in total. The zero-order valence-corrected chi connectivity index (χ0v) is 16.5. The monoisotopic (exact) mass is 400 g/mol. The molecule has 1 amide bonds. The molecule has 1 N–H and O–H groups in total. The quantitative estimate of drug-likeness (QED) is 0.633. The molecule has 0 radical (unpaired) electrons. The van der Waals surface area contributed by atoms with Crippen LogP contribution in [0, 0.1) is 18.3 Å². The highest BCUT2D eigenvalue weighted by Crippen LogP contribution is 2.33.